The summed E-state index contributed by atoms with van der Waals surface area (Å²) in [6.45, 7) is 11.9. The minimum Gasteiger partial charge on any atom is -0.397 e. The maximum absolute atomic E-state index is 7.57. The van der Waals surface area contributed by atoms with Crippen LogP contribution in [0, 0.1) is 0 Å². The Kier molecular flexibility index (Phi) is 13.2. The Morgan fingerprint density at radius 3 is 1.57 bits per heavy atom. The molecule has 0 bridgehead atoms. The van der Waals surface area contributed by atoms with Gasteiger partial charge in [-0.15, -0.1) is 0 Å². The molecule has 0 saturated carbocycles. The van der Waals surface area contributed by atoms with Gasteiger partial charge in [-0.3, -0.25) is 0 Å². The number of hydrogen-bond donors (Lipinski definition) is 1. The second kappa shape index (κ2) is 11.2. The Bertz CT molecular complexity index is 92.5. The van der Waals surface area contributed by atoms with Crippen LogP contribution in [0.3, 0.4) is 0 Å². The molecule has 0 aromatic rings. The van der Waals surface area contributed by atoms with Gasteiger partial charge in [0.2, 0.25) is 0 Å². The van der Waals surface area contributed by atoms with E-state index in [-0.39, 0.29) is 6.61 Å². The van der Waals surface area contributed by atoms with Gasteiger partial charge in [0, 0.05) is 19.8 Å². The number of aliphatic hydroxyl groups excluding tert-OH is 1. The predicted molar refractivity (Wildman–Crippen MR) is 62.7 cm³/mol. The highest BCUT2D eigenvalue weighted by Crippen LogP contribution is 2.14. The van der Waals surface area contributed by atoms with Gasteiger partial charge in [0.1, 0.15) is 0 Å². The molecule has 0 spiro atoms. The minimum absolute atomic E-state index is 0.250. The van der Waals surface area contributed by atoms with Crippen molar-refractivity contribution in [3.05, 3.63) is 0 Å². The standard InChI is InChI=1S/C8H20O2Si.C2H6O/c1-5-8-11(4,9-6-2)10-7-3;1-2-3/h5-8H2,1-4H3;3H,2H2,1H3. The normalized spacial score (nSPS) is 10.7. The van der Waals surface area contributed by atoms with Crippen molar-refractivity contribution in [3.8, 4) is 0 Å². The zero-order valence-corrected chi connectivity index (χ0v) is 11.3. The van der Waals surface area contributed by atoms with Crippen molar-refractivity contribution in [2.75, 3.05) is 19.8 Å². The summed E-state index contributed by atoms with van der Waals surface area (Å²) >= 11 is 0. The molecule has 0 unspecified atom stereocenters. The van der Waals surface area contributed by atoms with Crippen molar-refractivity contribution < 1.29 is 14.0 Å². The third-order valence-corrected chi connectivity index (χ3v) is 4.81. The van der Waals surface area contributed by atoms with E-state index < -0.39 is 8.56 Å². The Balaban J connectivity index is 0. The highest BCUT2D eigenvalue weighted by molar-refractivity contribution is 6.66. The van der Waals surface area contributed by atoms with Crippen LogP contribution in [-0.2, 0) is 8.85 Å². The molecule has 0 aromatic heterocycles. The Morgan fingerprint density at radius 2 is 1.36 bits per heavy atom. The van der Waals surface area contributed by atoms with Gasteiger partial charge in [0.25, 0.3) is 0 Å². The second-order valence-electron chi connectivity index (χ2n) is 3.07. The van der Waals surface area contributed by atoms with E-state index in [1.165, 1.54) is 0 Å². The quantitative estimate of drug-likeness (QED) is 0.702. The maximum Gasteiger partial charge on any atom is 0.334 e. The summed E-state index contributed by atoms with van der Waals surface area (Å²) in [6.07, 6.45) is 1.16. The third-order valence-electron chi connectivity index (χ3n) is 1.60. The van der Waals surface area contributed by atoms with E-state index in [4.69, 9.17) is 14.0 Å². The van der Waals surface area contributed by atoms with Gasteiger partial charge in [-0.25, -0.2) is 0 Å². The molecule has 0 aliphatic rings. The molecule has 3 nitrogen and oxygen atoms in total. The van der Waals surface area contributed by atoms with Crippen LogP contribution in [0.25, 0.3) is 0 Å². The zero-order chi connectivity index (χ0) is 11.4. The second-order valence-corrected chi connectivity index (χ2v) is 6.41. The summed E-state index contributed by atoms with van der Waals surface area (Å²) in [6, 6.07) is 1.11. The Labute approximate surface area is 89.7 Å². The van der Waals surface area contributed by atoms with Crippen LogP contribution >= 0.6 is 0 Å². The molecule has 0 saturated heterocycles. The van der Waals surface area contributed by atoms with Crippen molar-refractivity contribution in [2.45, 2.75) is 46.7 Å². The minimum atomic E-state index is -1.75. The van der Waals surface area contributed by atoms with Crippen LogP contribution in [0.2, 0.25) is 12.6 Å². The van der Waals surface area contributed by atoms with E-state index in [0.717, 1.165) is 25.7 Å². The Morgan fingerprint density at radius 1 is 1.00 bits per heavy atom. The average Bonchev–Trinajstić information content (AvgIpc) is 2.06. The molecular formula is C10H26O3Si. The first-order chi connectivity index (χ1) is 6.60. The molecule has 0 aromatic carbocycles. The average molecular weight is 222 g/mol. The van der Waals surface area contributed by atoms with E-state index in [0.29, 0.717) is 0 Å². The van der Waals surface area contributed by atoms with Crippen molar-refractivity contribution in [2.24, 2.45) is 0 Å². The summed E-state index contributed by atoms with van der Waals surface area (Å²) in [4.78, 5) is 0. The van der Waals surface area contributed by atoms with Gasteiger partial charge in [-0.05, 0) is 33.4 Å². The molecule has 88 valence electrons. The molecule has 14 heavy (non-hydrogen) atoms. The van der Waals surface area contributed by atoms with Crippen LogP contribution < -0.4 is 0 Å². The fraction of sp³-hybridized carbons (Fsp3) is 1.00. The smallest absolute Gasteiger partial charge is 0.334 e. The van der Waals surface area contributed by atoms with Crippen LogP contribution in [0.4, 0.5) is 0 Å². The van der Waals surface area contributed by atoms with Crippen molar-refractivity contribution >= 4 is 8.56 Å². The highest BCUT2D eigenvalue weighted by Gasteiger charge is 2.28. The van der Waals surface area contributed by atoms with Crippen LogP contribution in [0.1, 0.15) is 34.1 Å². The van der Waals surface area contributed by atoms with E-state index >= 15 is 0 Å². The summed E-state index contributed by atoms with van der Waals surface area (Å²) in [5.74, 6) is 0. The van der Waals surface area contributed by atoms with E-state index in [1.54, 1.807) is 6.92 Å². The van der Waals surface area contributed by atoms with E-state index in [1.807, 2.05) is 13.8 Å². The van der Waals surface area contributed by atoms with E-state index in [2.05, 4.69) is 13.5 Å². The first-order valence-corrected chi connectivity index (χ1v) is 8.01. The molecular weight excluding hydrogens is 196 g/mol. The fourth-order valence-corrected chi connectivity index (χ4v) is 3.75. The molecule has 0 atom stereocenters. The lowest BCUT2D eigenvalue weighted by molar-refractivity contribution is 0.189. The van der Waals surface area contributed by atoms with Gasteiger partial charge in [-0.2, -0.15) is 0 Å². The largest absolute Gasteiger partial charge is 0.397 e. The van der Waals surface area contributed by atoms with Crippen molar-refractivity contribution in [1.82, 2.24) is 0 Å². The Hall–Kier alpha value is 0.0969. The van der Waals surface area contributed by atoms with Gasteiger partial charge in [-0.1, -0.05) is 13.3 Å². The SMILES string of the molecule is CCC[Si](C)(OCC)OCC.CCO. The summed E-state index contributed by atoms with van der Waals surface area (Å²) in [5.41, 5.74) is 0. The molecule has 4 heteroatoms. The highest BCUT2D eigenvalue weighted by atomic mass is 28.4. The fourth-order valence-electron chi connectivity index (χ4n) is 1.25. The molecule has 0 fully saturated rings. The monoisotopic (exact) mass is 222 g/mol. The maximum atomic E-state index is 7.57. The number of aliphatic hydroxyl groups is 1. The molecule has 1 N–H and O–H groups in total. The molecule has 0 aliphatic heterocycles. The summed E-state index contributed by atoms with van der Waals surface area (Å²) < 4.78 is 11.3. The lowest BCUT2D eigenvalue weighted by atomic mass is 10.6. The predicted octanol–water partition coefficient (Wildman–Crippen LogP) is 2.54. The number of hydrogen-bond acceptors (Lipinski definition) is 3. The summed E-state index contributed by atoms with van der Waals surface area (Å²) in [5, 5.41) is 7.57. The lowest BCUT2D eigenvalue weighted by Crippen LogP contribution is -2.38. The first-order valence-electron chi connectivity index (χ1n) is 5.48. The molecule has 0 heterocycles. The van der Waals surface area contributed by atoms with Gasteiger partial charge >= 0.3 is 8.56 Å². The number of rotatable bonds is 6. The van der Waals surface area contributed by atoms with Crippen LogP contribution in [-0.4, -0.2) is 33.5 Å². The van der Waals surface area contributed by atoms with Crippen LogP contribution in [0.15, 0.2) is 0 Å². The van der Waals surface area contributed by atoms with E-state index in [9.17, 15) is 0 Å². The van der Waals surface area contributed by atoms with Crippen molar-refractivity contribution in [3.63, 3.8) is 0 Å². The van der Waals surface area contributed by atoms with Crippen molar-refractivity contribution in [1.29, 1.82) is 0 Å². The molecule has 0 amide bonds. The molecule has 0 radical (unpaired) electrons. The molecule has 0 aliphatic carbocycles. The van der Waals surface area contributed by atoms with Gasteiger partial charge in [0.15, 0.2) is 0 Å². The topological polar surface area (TPSA) is 38.7 Å². The molecule has 0 rings (SSSR count). The first kappa shape index (κ1) is 16.5. The lowest BCUT2D eigenvalue weighted by Gasteiger charge is -2.25. The summed E-state index contributed by atoms with van der Waals surface area (Å²) in [7, 11) is -1.75. The van der Waals surface area contributed by atoms with Gasteiger partial charge < -0.3 is 14.0 Å². The van der Waals surface area contributed by atoms with Crippen LogP contribution in [0.5, 0.6) is 0 Å². The zero-order valence-electron chi connectivity index (χ0n) is 10.3. The van der Waals surface area contributed by atoms with Gasteiger partial charge in [0.05, 0.1) is 0 Å². The third kappa shape index (κ3) is 10.2.